The lowest BCUT2D eigenvalue weighted by Gasteiger charge is -2.35. The fraction of sp³-hybridized carbons (Fsp3) is 0.490. The molecule has 3 amide bonds. The molecule has 0 bridgehead atoms. The Morgan fingerprint density at radius 2 is 1.65 bits per heavy atom. The van der Waals surface area contributed by atoms with E-state index >= 15 is 0 Å². The minimum Gasteiger partial charge on any atom is -0.493 e. The molecule has 1 fully saturated rings. The van der Waals surface area contributed by atoms with Crippen LogP contribution < -0.4 is 25.4 Å². The van der Waals surface area contributed by atoms with Gasteiger partial charge in [0.1, 0.15) is 23.7 Å². The van der Waals surface area contributed by atoms with Gasteiger partial charge >= 0.3 is 0 Å². The van der Waals surface area contributed by atoms with Crippen molar-refractivity contribution in [1.82, 2.24) is 30.5 Å². The predicted octanol–water partition coefficient (Wildman–Crippen LogP) is 10.0. The number of β-amino-alcohol motifs (C(OH)–C–C–N with tert-alkyl or cyclic N) is 1. The van der Waals surface area contributed by atoms with Crippen LogP contribution in [0.15, 0.2) is 70.6 Å². The van der Waals surface area contributed by atoms with Crippen molar-refractivity contribution in [2.24, 2.45) is 5.41 Å². The zero-order valence-electron chi connectivity index (χ0n) is 39.4. The van der Waals surface area contributed by atoms with E-state index in [0.717, 1.165) is 99.8 Å². The average Bonchev–Trinajstić information content (AvgIpc) is 3.90. The number of hydrogen-bond acceptors (Lipinski definition) is 11. The Kier molecular flexibility index (Phi) is 17.9. The number of unbranched alkanes of at least 4 members (excludes halogenated alkanes) is 7. The molecular formula is C51H66BrN7O6S. The van der Waals surface area contributed by atoms with E-state index < -0.39 is 23.6 Å². The highest BCUT2D eigenvalue weighted by Gasteiger charge is 2.44. The maximum atomic E-state index is 14.0. The predicted molar refractivity (Wildman–Crippen MR) is 266 cm³/mol. The topological polar surface area (TPSA) is 168 Å². The molecule has 0 saturated carbocycles. The number of ether oxygens (including phenoxy) is 2. The second-order valence-electron chi connectivity index (χ2n) is 18.4. The van der Waals surface area contributed by atoms with Crippen molar-refractivity contribution in [3.63, 3.8) is 0 Å². The van der Waals surface area contributed by atoms with Crippen LogP contribution in [-0.4, -0.2) is 81.1 Å². The highest BCUT2D eigenvalue weighted by atomic mass is 79.9. The highest BCUT2D eigenvalue weighted by Crippen LogP contribution is 2.36. The molecule has 2 aromatic heterocycles. The van der Waals surface area contributed by atoms with Gasteiger partial charge in [-0.05, 0) is 73.9 Å². The summed E-state index contributed by atoms with van der Waals surface area (Å²) in [5, 5.41) is 21.0. The average molecular weight is 985 g/mol. The number of nitrogens with zero attached hydrogens (tertiary/aromatic N) is 4. The lowest BCUT2D eigenvalue weighted by molar-refractivity contribution is -0.144. The summed E-state index contributed by atoms with van der Waals surface area (Å²) in [6, 6.07) is 18.4. The molecule has 1 saturated heterocycles. The Morgan fingerprint density at radius 3 is 2.32 bits per heavy atom. The molecule has 4 N–H and O–H groups in total. The van der Waals surface area contributed by atoms with Crippen molar-refractivity contribution in [3.05, 3.63) is 93.3 Å². The van der Waals surface area contributed by atoms with E-state index in [1.54, 1.807) is 18.4 Å². The number of rotatable bonds is 22. The van der Waals surface area contributed by atoms with Crippen LogP contribution in [-0.2, 0) is 20.9 Å². The van der Waals surface area contributed by atoms with Crippen molar-refractivity contribution >= 4 is 61.7 Å². The van der Waals surface area contributed by atoms with Gasteiger partial charge in [0.2, 0.25) is 17.7 Å². The van der Waals surface area contributed by atoms with Crippen LogP contribution in [0.1, 0.15) is 121 Å². The summed E-state index contributed by atoms with van der Waals surface area (Å²) >= 11 is 5.15. The molecule has 6 rings (SSSR count). The van der Waals surface area contributed by atoms with Gasteiger partial charge in [-0.15, -0.1) is 11.3 Å². The number of aliphatic hydroxyl groups excluding tert-OH is 1. The first-order chi connectivity index (χ1) is 31.6. The number of aromatic nitrogens is 3. The third kappa shape index (κ3) is 13.7. The lowest BCUT2D eigenvalue weighted by atomic mass is 9.85. The summed E-state index contributed by atoms with van der Waals surface area (Å²) in [5.74, 6) is 1.85. The van der Waals surface area contributed by atoms with Gasteiger partial charge in [0, 0.05) is 41.9 Å². The maximum Gasteiger partial charge on any atom is 0.246 e. The number of fused-ring (bicyclic) bond motifs is 1. The number of benzene rings is 3. The minimum absolute atomic E-state index is 0.0237. The zero-order chi connectivity index (χ0) is 47.4. The molecule has 0 aliphatic carbocycles. The smallest absolute Gasteiger partial charge is 0.246 e. The first-order valence-electron chi connectivity index (χ1n) is 23.2. The summed E-state index contributed by atoms with van der Waals surface area (Å²) in [4.78, 5) is 57.0. The van der Waals surface area contributed by atoms with E-state index in [9.17, 15) is 19.5 Å². The first-order valence-corrected chi connectivity index (χ1v) is 24.8. The van der Waals surface area contributed by atoms with Crippen LogP contribution in [0.5, 0.6) is 11.5 Å². The number of carbonyl (C=O) groups is 3. The van der Waals surface area contributed by atoms with Crippen molar-refractivity contribution in [2.45, 2.75) is 137 Å². The number of methoxy groups -OCH3 is 1. The Bertz CT molecular complexity index is 2420. The molecule has 0 spiro atoms. The van der Waals surface area contributed by atoms with Crippen molar-refractivity contribution in [3.8, 4) is 21.9 Å². The van der Waals surface area contributed by atoms with E-state index in [1.807, 2.05) is 88.7 Å². The molecule has 0 radical (unpaired) electrons. The number of anilines is 1. The van der Waals surface area contributed by atoms with Crippen LogP contribution in [0.25, 0.3) is 21.3 Å². The van der Waals surface area contributed by atoms with E-state index in [1.165, 1.54) is 4.90 Å². The van der Waals surface area contributed by atoms with Gasteiger partial charge in [-0.2, -0.15) is 0 Å². The third-order valence-corrected chi connectivity index (χ3v) is 13.5. The number of amides is 3. The number of halogens is 1. The van der Waals surface area contributed by atoms with Gasteiger partial charge in [0.15, 0.2) is 11.5 Å². The third-order valence-electron chi connectivity index (χ3n) is 12.1. The summed E-state index contributed by atoms with van der Waals surface area (Å²) < 4.78 is 13.0. The van der Waals surface area contributed by atoms with Crippen LogP contribution in [0.2, 0.25) is 0 Å². The van der Waals surface area contributed by atoms with Crippen LogP contribution >= 0.6 is 27.3 Å². The van der Waals surface area contributed by atoms with Gasteiger partial charge in [0.25, 0.3) is 0 Å². The summed E-state index contributed by atoms with van der Waals surface area (Å²) in [6.45, 7) is 12.6. The summed E-state index contributed by atoms with van der Waals surface area (Å²) in [7, 11) is 1.64. The Hall–Kier alpha value is -5.12. The molecule has 5 aromatic rings. The van der Waals surface area contributed by atoms with Crippen molar-refractivity contribution in [2.75, 3.05) is 25.6 Å². The van der Waals surface area contributed by atoms with E-state index in [2.05, 4.69) is 55.9 Å². The Morgan fingerprint density at radius 1 is 0.939 bits per heavy atom. The number of aryl methyl sites for hydroxylation is 2. The SMILES string of the molecule is COc1cc2c(N[C@H](C)c3cccc(Br)c3)nc(C)nc2cc1OCCCCCCCCCCC(=O)N[C@H](C(=O)N1C[C@H](O)C[C@H]1C(=O)NCc1ccc(-c2scnc2C)cc1)C(C)(C)C. The number of thiazole rings is 1. The number of hydrogen-bond donors (Lipinski definition) is 4. The molecule has 1 aliphatic rings. The maximum absolute atomic E-state index is 14.0. The Balaban J connectivity index is 0.880. The molecule has 3 aromatic carbocycles. The molecular weight excluding hydrogens is 919 g/mol. The second-order valence-corrected chi connectivity index (χ2v) is 20.2. The first kappa shape index (κ1) is 50.3. The van der Waals surface area contributed by atoms with E-state index in [0.29, 0.717) is 30.4 Å². The van der Waals surface area contributed by atoms with Crippen LogP contribution in [0.4, 0.5) is 5.82 Å². The Labute approximate surface area is 402 Å². The minimum atomic E-state index is -0.842. The molecule has 0 unspecified atom stereocenters. The van der Waals surface area contributed by atoms with Gasteiger partial charge in [0.05, 0.1) is 47.5 Å². The van der Waals surface area contributed by atoms with Gasteiger partial charge in [-0.1, -0.05) is 112 Å². The van der Waals surface area contributed by atoms with Crippen LogP contribution in [0.3, 0.4) is 0 Å². The molecule has 66 heavy (non-hydrogen) atoms. The van der Waals surface area contributed by atoms with Gasteiger partial charge in [-0.25, -0.2) is 15.0 Å². The summed E-state index contributed by atoms with van der Waals surface area (Å²) in [6.07, 6.45) is 7.54. The molecule has 4 atom stereocenters. The molecule has 1 aliphatic heterocycles. The number of aliphatic hydroxyl groups is 1. The monoisotopic (exact) mass is 983 g/mol. The lowest BCUT2D eigenvalue weighted by Crippen LogP contribution is -2.57. The van der Waals surface area contributed by atoms with E-state index in [-0.39, 0.29) is 43.3 Å². The molecule has 3 heterocycles. The fourth-order valence-corrected chi connectivity index (χ4v) is 9.57. The molecule has 15 heteroatoms. The standard InChI is InChI=1S/C51H66BrN7O6S/c1-32(37-17-16-18-38(52)25-37)55-48-40-27-43(64-7)44(28-41(40)56-34(3)57-48)65-24-15-13-11-9-8-10-12-14-19-45(61)58-47(51(4,5)6)50(63)59-30-39(60)26-42(59)49(62)53-29-35-20-22-36(23-21-35)46-33(2)54-31-66-46/h16-18,20-23,25,27-28,31-32,39,42,47,60H,8-15,19,24,26,29-30H2,1-7H3,(H,53,62)(H,58,61)(H,55,56,57)/t32-,39-,42+,47-/m1/s1. The van der Waals surface area contributed by atoms with Crippen molar-refractivity contribution < 1.29 is 29.0 Å². The number of carbonyl (C=O) groups excluding carboxylic acids is 3. The normalized spacial score (nSPS) is 15.9. The zero-order valence-corrected chi connectivity index (χ0v) is 41.8. The van der Waals surface area contributed by atoms with Crippen molar-refractivity contribution in [1.29, 1.82) is 0 Å². The van der Waals surface area contributed by atoms with Gasteiger partial charge < -0.3 is 35.4 Å². The fourth-order valence-electron chi connectivity index (χ4n) is 8.34. The summed E-state index contributed by atoms with van der Waals surface area (Å²) in [5.41, 5.74) is 6.11. The van der Waals surface area contributed by atoms with Gasteiger partial charge in [-0.3, -0.25) is 14.4 Å². The second kappa shape index (κ2) is 23.6. The van der Waals surface area contributed by atoms with E-state index in [4.69, 9.17) is 19.4 Å². The van der Waals surface area contributed by atoms with Crippen LogP contribution in [0, 0.1) is 19.3 Å². The number of likely N-dealkylation sites (tertiary alicyclic amines) is 1. The number of nitrogens with one attached hydrogen (secondary N) is 3. The molecule has 13 nitrogen and oxygen atoms in total. The largest absolute Gasteiger partial charge is 0.493 e. The quantitative estimate of drug-likeness (QED) is 0.0490. The highest BCUT2D eigenvalue weighted by molar-refractivity contribution is 9.10. The molecule has 354 valence electrons.